The Morgan fingerprint density at radius 2 is 1.92 bits per heavy atom. The van der Waals surface area contributed by atoms with E-state index in [4.69, 9.17) is 25.6 Å². The second kappa shape index (κ2) is 6.73. The fourth-order valence-corrected chi connectivity index (χ4v) is 2.96. The van der Waals surface area contributed by atoms with Crippen molar-refractivity contribution >= 4 is 23.2 Å². The van der Waals surface area contributed by atoms with Gasteiger partial charge in [0.2, 0.25) is 5.91 Å². The average Bonchev–Trinajstić information content (AvgIpc) is 2.73. The zero-order valence-electron chi connectivity index (χ0n) is 13.8. The first-order chi connectivity index (χ1) is 11.5. The van der Waals surface area contributed by atoms with Crippen LogP contribution in [0.15, 0.2) is 16.7 Å². The lowest BCUT2D eigenvalue weighted by Gasteiger charge is -2.15. The standard InChI is InChI=1S/C17H19ClN2O4/c1-9(16-10(2)20-24-11(16)3)17(21)19-13-8-15-14(7-12(13)18)22-5-4-6-23-15/h7-9H,4-6H2,1-3H3,(H,19,21). The molecule has 1 unspecified atom stereocenters. The molecule has 0 bridgehead atoms. The van der Waals surface area contributed by atoms with Crippen LogP contribution in [0.2, 0.25) is 5.02 Å². The van der Waals surface area contributed by atoms with Gasteiger partial charge in [-0.25, -0.2) is 0 Å². The number of nitrogens with zero attached hydrogens (tertiary/aromatic N) is 1. The summed E-state index contributed by atoms with van der Waals surface area (Å²) in [5, 5.41) is 7.14. The molecule has 2 heterocycles. The highest BCUT2D eigenvalue weighted by Crippen LogP contribution is 2.38. The first kappa shape index (κ1) is 16.6. The summed E-state index contributed by atoms with van der Waals surface area (Å²) in [7, 11) is 0. The number of aryl methyl sites for hydroxylation is 2. The van der Waals surface area contributed by atoms with Crippen molar-refractivity contribution in [2.24, 2.45) is 0 Å². The minimum Gasteiger partial charge on any atom is -0.490 e. The number of hydrogen-bond acceptors (Lipinski definition) is 5. The van der Waals surface area contributed by atoms with E-state index in [-0.39, 0.29) is 5.91 Å². The van der Waals surface area contributed by atoms with Crippen LogP contribution in [0, 0.1) is 13.8 Å². The second-order valence-corrected chi connectivity index (χ2v) is 6.19. The van der Waals surface area contributed by atoms with E-state index in [1.54, 1.807) is 26.0 Å². The summed E-state index contributed by atoms with van der Waals surface area (Å²) in [6, 6.07) is 3.36. The number of anilines is 1. The van der Waals surface area contributed by atoms with Gasteiger partial charge in [0.25, 0.3) is 0 Å². The van der Waals surface area contributed by atoms with E-state index < -0.39 is 5.92 Å². The molecule has 1 atom stereocenters. The number of nitrogens with one attached hydrogen (secondary N) is 1. The number of carbonyl (C=O) groups excluding carboxylic acids is 1. The van der Waals surface area contributed by atoms with Crippen molar-refractivity contribution in [3.63, 3.8) is 0 Å². The first-order valence-electron chi connectivity index (χ1n) is 7.80. The molecule has 1 aromatic carbocycles. The monoisotopic (exact) mass is 350 g/mol. The predicted octanol–water partition coefficient (Wildman–Crippen LogP) is 3.85. The third-order valence-corrected chi connectivity index (χ3v) is 4.32. The molecule has 24 heavy (non-hydrogen) atoms. The number of aromatic nitrogens is 1. The van der Waals surface area contributed by atoms with E-state index in [1.807, 2.05) is 6.92 Å². The fourth-order valence-electron chi connectivity index (χ4n) is 2.76. The van der Waals surface area contributed by atoms with Crippen molar-refractivity contribution in [1.29, 1.82) is 0 Å². The number of fused-ring (bicyclic) bond motifs is 1. The van der Waals surface area contributed by atoms with E-state index in [9.17, 15) is 4.79 Å². The maximum Gasteiger partial charge on any atom is 0.231 e. The molecule has 3 rings (SSSR count). The quantitative estimate of drug-likeness (QED) is 0.910. The Bertz CT molecular complexity index is 753. The molecule has 128 valence electrons. The molecule has 0 radical (unpaired) electrons. The van der Waals surface area contributed by atoms with Crippen LogP contribution in [0.3, 0.4) is 0 Å². The number of halogens is 1. The minimum absolute atomic E-state index is 0.194. The molecule has 0 fully saturated rings. The van der Waals surface area contributed by atoms with Crippen molar-refractivity contribution in [1.82, 2.24) is 5.16 Å². The third kappa shape index (κ3) is 3.19. The van der Waals surface area contributed by atoms with Crippen LogP contribution in [0.4, 0.5) is 5.69 Å². The van der Waals surface area contributed by atoms with Gasteiger partial charge in [-0.3, -0.25) is 4.79 Å². The van der Waals surface area contributed by atoms with Crippen molar-refractivity contribution in [2.45, 2.75) is 33.1 Å². The summed E-state index contributed by atoms with van der Waals surface area (Å²) in [5.41, 5.74) is 1.99. The molecule has 6 nitrogen and oxygen atoms in total. The van der Waals surface area contributed by atoms with E-state index >= 15 is 0 Å². The number of rotatable bonds is 3. The molecule has 1 N–H and O–H groups in total. The van der Waals surface area contributed by atoms with Gasteiger partial charge in [-0.15, -0.1) is 0 Å². The molecular formula is C17H19ClN2O4. The zero-order chi connectivity index (χ0) is 17.3. The molecule has 0 saturated heterocycles. The topological polar surface area (TPSA) is 73.6 Å². The molecule has 0 spiro atoms. The van der Waals surface area contributed by atoms with Crippen molar-refractivity contribution in [3.8, 4) is 11.5 Å². The normalized spacial score (nSPS) is 14.8. The SMILES string of the molecule is Cc1noc(C)c1C(C)C(=O)Nc1cc2c(cc1Cl)OCCCO2. The van der Waals surface area contributed by atoms with Crippen molar-refractivity contribution in [3.05, 3.63) is 34.2 Å². The lowest BCUT2D eigenvalue weighted by molar-refractivity contribution is -0.117. The lowest BCUT2D eigenvalue weighted by atomic mass is 9.98. The van der Waals surface area contributed by atoms with Gasteiger partial charge in [0.1, 0.15) is 5.76 Å². The maximum absolute atomic E-state index is 12.6. The Labute approximate surface area is 145 Å². The summed E-state index contributed by atoms with van der Waals surface area (Å²) < 4.78 is 16.4. The van der Waals surface area contributed by atoms with Gasteiger partial charge in [0, 0.05) is 24.1 Å². The van der Waals surface area contributed by atoms with Crippen molar-refractivity contribution in [2.75, 3.05) is 18.5 Å². The number of benzene rings is 1. The van der Waals surface area contributed by atoms with Crippen LogP contribution in [0.25, 0.3) is 0 Å². The summed E-state index contributed by atoms with van der Waals surface area (Å²) in [5.74, 6) is 1.20. The fraction of sp³-hybridized carbons (Fsp3) is 0.412. The first-order valence-corrected chi connectivity index (χ1v) is 8.18. The second-order valence-electron chi connectivity index (χ2n) is 5.78. The van der Waals surface area contributed by atoms with Crippen LogP contribution in [0.1, 0.15) is 36.3 Å². The van der Waals surface area contributed by atoms with Gasteiger partial charge in [0.15, 0.2) is 11.5 Å². The number of ether oxygens (including phenoxy) is 2. The summed E-state index contributed by atoms with van der Waals surface area (Å²) in [6.07, 6.45) is 0.803. The van der Waals surface area contributed by atoms with E-state index in [0.29, 0.717) is 46.9 Å². The number of hydrogen-bond donors (Lipinski definition) is 1. The highest BCUT2D eigenvalue weighted by atomic mass is 35.5. The molecule has 1 aliphatic heterocycles. The maximum atomic E-state index is 12.6. The van der Waals surface area contributed by atoms with E-state index in [0.717, 1.165) is 12.0 Å². The Morgan fingerprint density at radius 1 is 1.25 bits per heavy atom. The molecule has 2 aromatic rings. The average molecular weight is 351 g/mol. The molecular weight excluding hydrogens is 332 g/mol. The minimum atomic E-state index is -0.414. The molecule has 1 aromatic heterocycles. The Balaban J connectivity index is 1.83. The van der Waals surface area contributed by atoms with Gasteiger partial charge in [-0.1, -0.05) is 16.8 Å². The molecule has 1 amide bonds. The highest BCUT2D eigenvalue weighted by molar-refractivity contribution is 6.34. The Hall–Kier alpha value is -2.21. The molecule has 0 aliphatic carbocycles. The summed E-state index contributed by atoms with van der Waals surface area (Å²) in [6.45, 7) is 6.56. The van der Waals surface area contributed by atoms with Gasteiger partial charge < -0.3 is 19.3 Å². The van der Waals surface area contributed by atoms with Crippen LogP contribution in [0.5, 0.6) is 11.5 Å². The van der Waals surface area contributed by atoms with Crippen molar-refractivity contribution < 1.29 is 18.8 Å². The van der Waals surface area contributed by atoms with Gasteiger partial charge in [0.05, 0.1) is 35.5 Å². The predicted molar refractivity (Wildman–Crippen MR) is 90.1 cm³/mol. The molecule has 7 heteroatoms. The van der Waals surface area contributed by atoms with Crippen LogP contribution >= 0.6 is 11.6 Å². The Kier molecular flexibility index (Phi) is 4.66. The van der Waals surface area contributed by atoms with E-state index in [1.165, 1.54) is 0 Å². The van der Waals surface area contributed by atoms with Crippen LogP contribution in [-0.2, 0) is 4.79 Å². The van der Waals surface area contributed by atoms with Crippen LogP contribution in [-0.4, -0.2) is 24.3 Å². The largest absolute Gasteiger partial charge is 0.490 e. The lowest BCUT2D eigenvalue weighted by Crippen LogP contribution is -2.20. The van der Waals surface area contributed by atoms with Gasteiger partial charge in [-0.2, -0.15) is 0 Å². The van der Waals surface area contributed by atoms with E-state index in [2.05, 4.69) is 10.5 Å². The van der Waals surface area contributed by atoms with Gasteiger partial charge >= 0.3 is 0 Å². The highest BCUT2D eigenvalue weighted by Gasteiger charge is 2.24. The smallest absolute Gasteiger partial charge is 0.231 e. The zero-order valence-corrected chi connectivity index (χ0v) is 14.6. The third-order valence-electron chi connectivity index (χ3n) is 4.01. The van der Waals surface area contributed by atoms with Gasteiger partial charge in [-0.05, 0) is 20.8 Å². The van der Waals surface area contributed by atoms with Crippen LogP contribution < -0.4 is 14.8 Å². The summed E-state index contributed by atoms with van der Waals surface area (Å²) in [4.78, 5) is 12.6. The number of carbonyl (C=O) groups is 1. The Morgan fingerprint density at radius 3 is 2.54 bits per heavy atom. The molecule has 1 aliphatic rings. The number of amides is 1. The molecule has 0 saturated carbocycles. The summed E-state index contributed by atoms with van der Waals surface area (Å²) >= 11 is 6.27.